The van der Waals surface area contributed by atoms with Crippen molar-refractivity contribution in [1.29, 1.82) is 0 Å². The number of methoxy groups -OCH3 is 1. The summed E-state index contributed by atoms with van der Waals surface area (Å²) in [4.78, 5) is 32.2. The lowest BCUT2D eigenvalue weighted by Crippen LogP contribution is -2.31. The lowest BCUT2D eigenvalue weighted by Gasteiger charge is -2.08. The first-order valence-electron chi connectivity index (χ1n) is 5.86. The van der Waals surface area contributed by atoms with Gasteiger partial charge in [-0.25, -0.2) is 4.79 Å². The largest absolute Gasteiger partial charge is 0.484 e. The molecule has 0 aliphatic rings. The number of hydrogen-bond acceptors (Lipinski definition) is 6. The van der Waals surface area contributed by atoms with Gasteiger partial charge in [0.15, 0.2) is 6.61 Å². The van der Waals surface area contributed by atoms with Crippen LogP contribution in [0.4, 0.5) is 5.69 Å². The lowest BCUT2D eigenvalue weighted by molar-refractivity contribution is -0.385. The van der Waals surface area contributed by atoms with Crippen LogP contribution in [0.25, 0.3) is 0 Å². The molecule has 21 heavy (non-hydrogen) atoms. The van der Waals surface area contributed by atoms with Crippen molar-refractivity contribution >= 4 is 17.6 Å². The third-order valence-electron chi connectivity index (χ3n) is 2.39. The highest BCUT2D eigenvalue weighted by molar-refractivity contribution is 5.92. The third-order valence-corrected chi connectivity index (χ3v) is 2.39. The van der Waals surface area contributed by atoms with E-state index in [1.54, 1.807) is 0 Å². The van der Waals surface area contributed by atoms with Gasteiger partial charge in [0.25, 0.3) is 11.6 Å². The van der Waals surface area contributed by atoms with E-state index in [1.807, 2.05) is 0 Å². The van der Waals surface area contributed by atoms with E-state index in [9.17, 15) is 19.7 Å². The van der Waals surface area contributed by atoms with Gasteiger partial charge in [-0.3, -0.25) is 14.9 Å². The van der Waals surface area contributed by atoms with E-state index in [1.165, 1.54) is 13.2 Å². The molecule has 0 heterocycles. The Balaban J connectivity index is 2.68. The maximum Gasteiger partial charge on any atom is 0.342 e. The summed E-state index contributed by atoms with van der Waals surface area (Å²) in [6.45, 7) is 0.340. The maximum atomic E-state index is 11.4. The lowest BCUT2D eigenvalue weighted by atomic mass is 10.1. The Morgan fingerprint density at radius 2 is 2.14 bits per heavy atom. The predicted octanol–water partition coefficient (Wildman–Crippen LogP) is 0.434. The standard InChI is InChI=1S/C12H14N2O7/c1-20-5-4-13-11(15)7-21-8-2-3-10(14(18)19)9(6-8)12(16)17/h2-3,6H,4-5,7H2,1H3,(H,13,15)(H,16,17). The average Bonchev–Trinajstić information content (AvgIpc) is 2.44. The van der Waals surface area contributed by atoms with Crippen molar-refractivity contribution in [2.45, 2.75) is 0 Å². The summed E-state index contributed by atoms with van der Waals surface area (Å²) in [6.07, 6.45) is 0. The number of hydrogen-bond donors (Lipinski definition) is 2. The smallest absolute Gasteiger partial charge is 0.342 e. The molecule has 0 unspecified atom stereocenters. The highest BCUT2D eigenvalue weighted by Gasteiger charge is 2.20. The minimum atomic E-state index is -1.45. The molecule has 2 N–H and O–H groups in total. The number of rotatable bonds is 8. The summed E-state index contributed by atoms with van der Waals surface area (Å²) < 4.78 is 9.83. The Kier molecular flexibility index (Phi) is 6.08. The number of benzene rings is 1. The number of carboxylic acid groups (broad SMARTS) is 1. The summed E-state index contributed by atoms with van der Waals surface area (Å²) in [5.74, 6) is -1.81. The fourth-order valence-electron chi connectivity index (χ4n) is 1.43. The van der Waals surface area contributed by atoms with Gasteiger partial charge in [-0.15, -0.1) is 0 Å². The molecule has 114 valence electrons. The van der Waals surface area contributed by atoms with Crippen molar-refractivity contribution in [1.82, 2.24) is 5.32 Å². The number of carbonyl (C=O) groups is 2. The molecule has 0 fully saturated rings. The first-order chi connectivity index (χ1) is 9.95. The van der Waals surface area contributed by atoms with Crippen LogP contribution in [0.2, 0.25) is 0 Å². The number of nitrogens with zero attached hydrogens (tertiary/aromatic N) is 1. The zero-order valence-electron chi connectivity index (χ0n) is 11.2. The van der Waals surface area contributed by atoms with E-state index in [2.05, 4.69) is 5.32 Å². The monoisotopic (exact) mass is 298 g/mol. The number of carbonyl (C=O) groups excluding carboxylic acids is 1. The molecule has 9 heteroatoms. The molecule has 0 saturated heterocycles. The van der Waals surface area contributed by atoms with Crippen LogP contribution in [0.1, 0.15) is 10.4 Å². The molecule has 9 nitrogen and oxygen atoms in total. The normalized spacial score (nSPS) is 9.95. The second-order valence-electron chi connectivity index (χ2n) is 3.87. The number of nitro groups is 1. The Morgan fingerprint density at radius 1 is 1.43 bits per heavy atom. The molecule has 0 spiro atoms. The summed E-state index contributed by atoms with van der Waals surface area (Å²) in [7, 11) is 1.49. The summed E-state index contributed by atoms with van der Waals surface area (Å²) in [5.41, 5.74) is -1.04. The number of nitrogens with one attached hydrogen (secondary N) is 1. The molecule has 0 atom stereocenters. The Bertz CT molecular complexity index is 544. The number of amides is 1. The number of ether oxygens (including phenoxy) is 2. The average molecular weight is 298 g/mol. The topological polar surface area (TPSA) is 128 Å². The van der Waals surface area contributed by atoms with Crippen LogP contribution in [0, 0.1) is 10.1 Å². The van der Waals surface area contributed by atoms with Crippen LogP contribution in [-0.4, -0.2) is 48.8 Å². The van der Waals surface area contributed by atoms with Crippen LogP contribution < -0.4 is 10.1 Å². The van der Waals surface area contributed by atoms with E-state index in [-0.39, 0.29) is 12.4 Å². The highest BCUT2D eigenvalue weighted by atomic mass is 16.6. The van der Waals surface area contributed by atoms with Crippen molar-refractivity contribution in [3.63, 3.8) is 0 Å². The van der Waals surface area contributed by atoms with Crippen LogP contribution >= 0.6 is 0 Å². The summed E-state index contributed by atoms with van der Waals surface area (Å²) >= 11 is 0. The van der Waals surface area contributed by atoms with E-state index in [0.717, 1.165) is 12.1 Å². The number of carboxylic acids is 1. The fraction of sp³-hybridized carbons (Fsp3) is 0.333. The van der Waals surface area contributed by atoms with Gasteiger partial charge >= 0.3 is 5.97 Å². The highest BCUT2D eigenvalue weighted by Crippen LogP contribution is 2.24. The van der Waals surface area contributed by atoms with Crippen molar-refractivity contribution in [2.75, 3.05) is 26.9 Å². The van der Waals surface area contributed by atoms with Crippen molar-refractivity contribution in [3.8, 4) is 5.75 Å². The van der Waals surface area contributed by atoms with Crippen molar-refractivity contribution in [3.05, 3.63) is 33.9 Å². The molecule has 1 aromatic rings. The maximum absolute atomic E-state index is 11.4. The Labute approximate surface area is 119 Å². The molecule has 0 saturated carbocycles. The number of aromatic carboxylic acids is 1. The van der Waals surface area contributed by atoms with Gasteiger partial charge in [0.2, 0.25) is 0 Å². The molecule has 0 aliphatic heterocycles. The first kappa shape index (κ1) is 16.4. The van der Waals surface area contributed by atoms with E-state index in [0.29, 0.717) is 13.2 Å². The van der Waals surface area contributed by atoms with E-state index >= 15 is 0 Å². The number of nitro benzene ring substituents is 1. The Morgan fingerprint density at radius 3 is 2.71 bits per heavy atom. The van der Waals surface area contributed by atoms with Crippen molar-refractivity contribution in [2.24, 2.45) is 0 Å². The molecule has 1 rings (SSSR count). The minimum Gasteiger partial charge on any atom is -0.484 e. The van der Waals surface area contributed by atoms with Crippen LogP contribution in [-0.2, 0) is 9.53 Å². The minimum absolute atomic E-state index is 0.0555. The van der Waals surface area contributed by atoms with Gasteiger partial charge in [0.1, 0.15) is 11.3 Å². The molecule has 0 radical (unpaired) electrons. The Hall–Kier alpha value is -2.68. The van der Waals surface area contributed by atoms with E-state index in [4.69, 9.17) is 14.6 Å². The molecule has 0 aromatic heterocycles. The third kappa shape index (κ3) is 5.07. The molecule has 0 aliphatic carbocycles. The van der Waals surface area contributed by atoms with Gasteiger partial charge in [0.05, 0.1) is 11.5 Å². The quantitative estimate of drug-likeness (QED) is 0.404. The van der Waals surface area contributed by atoms with Gasteiger partial charge in [-0.2, -0.15) is 0 Å². The van der Waals surface area contributed by atoms with Gasteiger partial charge in [0, 0.05) is 25.8 Å². The summed E-state index contributed by atoms with van der Waals surface area (Å²) in [6, 6.07) is 3.25. The molecule has 1 aromatic carbocycles. The molecular formula is C12H14N2O7. The molecule has 1 amide bonds. The zero-order valence-corrected chi connectivity index (χ0v) is 11.2. The second kappa shape index (κ2) is 7.80. The summed E-state index contributed by atoms with van der Waals surface area (Å²) in [5, 5.41) is 22.1. The SMILES string of the molecule is COCCNC(=O)COc1ccc([N+](=O)[O-])c(C(=O)O)c1. The molecule has 0 bridgehead atoms. The fourth-order valence-corrected chi connectivity index (χ4v) is 1.43. The van der Waals surface area contributed by atoms with Gasteiger partial charge < -0.3 is 19.9 Å². The van der Waals surface area contributed by atoms with Crippen LogP contribution in [0.5, 0.6) is 5.75 Å². The van der Waals surface area contributed by atoms with E-state index < -0.39 is 28.1 Å². The van der Waals surface area contributed by atoms with Gasteiger partial charge in [-0.1, -0.05) is 0 Å². The van der Waals surface area contributed by atoms with Gasteiger partial charge in [-0.05, 0) is 6.07 Å². The predicted molar refractivity (Wildman–Crippen MR) is 70.4 cm³/mol. The first-order valence-corrected chi connectivity index (χ1v) is 5.86. The van der Waals surface area contributed by atoms with Crippen LogP contribution in [0.15, 0.2) is 18.2 Å². The van der Waals surface area contributed by atoms with Crippen molar-refractivity contribution < 1.29 is 29.1 Å². The molecular weight excluding hydrogens is 284 g/mol. The van der Waals surface area contributed by atoms with Crippen LogP contribution in [0.3, 0.4) is 0 Å². The second-order valence-corrected chi connectivity index (χ2v) is 3.87. The zero-order chi connectivity index (χ0) is 15.8.